The minimum atomic E-state index is 0.305. The zero-order chi connectivity index (χ0) is 12.8. The third-order valence-corrected chi connectivity index (χ3v) is 2.72. The molecule has 0 saturated carbocycles. The van der Waals surface area contributed by atoms with E-state index in [1.54, 1.807) is 7.11 Å². The maximum absolute atomic E-state index is 5.33. The van der Waals surface area contributed by atoms with Gasteiger partial charge in [0, 0.05) is 6.04 Å². The van der Waals surface area contributed by atoms with E-state index in [2.05, 4.69) is 38.9 Å². The first-order valence-electron chi connectivity index (χ1n) is 5.87. The molecule has 0 amide bonds. The molecule has 6 heteroatoms. The van der Waals surface area contributed by atoms with Crippen molar-refractivity contribution in [1.29, 1.82) is 0 Å². The molecule has 0 spiro atoms. The Morgan fingerprint density at radius 1 is 1.39 bits per heavy atom. The molecular formula is C12H17N5O. The molecule has 2 aromatic rings. The zero-order valence-corrected chi connectivity index (χ0v) is 10.6. The quantitative estimate of drug-likeness (QED) is 0.794. The predicted molar refractivity (Wildman–Crippen MR) is 67.2 cm³/mol. The Morgan fingerprint density at radius 2 is 2.22 bits per heavy atom. The molecule has 0 bridgehead atoms. The van der Waals surface area contributed by atoms with Gasteiger partial charge in [0.25, 0.3) is 0 Å². The summed E-state index contributed by atoms with van der Waals surface area (Å²) in [6.07, 6.45) is 0.891. The molecule has 1 unspecified atom stereocenters. The smallest absolute Gasteiger partial charge is 0.188 e. The number of para-hydroxylation sites is 1. The molecule has 0 aliphatic heterocycles. The molecule has 0 radical (unpaired) electrons. The Hall–Kier alpha value is -1.95. The first kappa shape index (κ1) is 12.5. The van der Waals surface area contributed by atoms with Crippen molar-refractivity contribution in [2.45, 2.75) is 25.9 Å². The number of benzene rings is 1. The van der Waals surface area contributed by atoms with Gasteiger partial charge < -0.3 is 10.1 Å². The Morgan fingerprint density at radius 3 is 2.94 bits per heavy atom. The van der Waals surface area contributed by atoms with Crippen molar-refractivity contribution in [3.8, 4) is 5.75 Å². The number of nitrogens with one attached hydrogen (secondary N) is 2. The number of aromatic amines is 1. The molecule has 1 aromatic carbocycles. The van der Waals surface area contributed by atoms with E-state index in [4.69, 9.17) is 4.74 Å². The van der Waals surface area contributed by atoms with Crippen LogP contribution in [0.15, 0.2) is 24.3 Å². The van der Waals surface area contributed by atoms with Crippen molar-refractivity contribution in [3.63, 3.8) is 0 Å². The fourth-order valence-electron chi connectivity index (χ4n) is 1.80. The molecule has 0 aliphatic rings. The largest absolute Gasteiger partial charge is 0.496 e. The van der Waals surface area contributed by atoms with Gasteiger partial charge in [-0.2, -0.15) is 5.21 Å². The normalized spacial score (nSPS) is 12.3. The van der Waals surface area contributed by atoms with Crippen LogP contribution in [-0.4, -0.2) is 33.8 Å². The molecule has 1 atom stereocenters. The van der Waals surface area contributed by atoms with Crippen molar-refractivity contribution in [2.24, 2.45) is 0 Å². The molecule has 6 nitrogen and oxygen atoms in total. The van der Waals surface area contributed by atoms with E-state index < -0.39 is 0 Å². The molecule has 2 N–H and O–H groups in total. The summed E-state index contributed by atoms with van der Waals surface area (Å²) in [6, 6.07) is 8.34. The summed E-state index contributed by atoms with van der Waals surface area (Å²) in [5, 5.41) is 17.1. The van der Waals surface area contributed by atoms with Crippen LogP contribution in [0, 0.1) is 0 Å². The molecular weight excluding hydrogens is 230 g/mol. The third-order valence-electron chi connectivity index (χ3n) is 2.72. The molecule has 2 rings (SSSR count). The van der Waals surface area contributed by atoms with Crippen LogP contribution in [0.3, 0.4) is 0 Å². The monoisotopic (exact) mass is 247 g/mol. The minimum absolute atomic E-state index is 0.305. The second-order valence-corrected chi connectivity index (χ2v) is 4.13. The SMILES string of the molecule is COc1ccccc1CC(C)NCc1nn[nH]n1. The van der Waals surface area contributed by atoms with E-state index in [9.17, 15) is 0 Å². The van der Waals surface area contributed by atoms with E-state index in [0.29, 0.717) is 18.4 Å². The second-order valence-electron chi connectivity index (χ2n) is 4.13. The average molecular weight is 247 g/mol. The number of methoxy groups -OCH3 is 1. The van der Waals surface area contributed by atoms with E-state index in [1.807, 2.05) is 18.2 Å². The van der Waals surface area contributed by atoms with Crippen molar-refractivity contribution >= 4 is 0 Å². The lowest BCUT2D eigenvalue weighted by atomic mass is 10.1. The van der Waals surface area contributed by atoms with Gasteiger partial charge in [0.15, 0.2) is 5.82 Å². The van der Waals surface area contributed by atoms with Gasteiger partial charge in [0.1, 0.15) is 5.75 Å². The lowest BCUT2D eigenvalue weighted by Gasteiger charge is -2.14. The summed E-state index contributed by atoms with van der Waals surface area (Å²) in [5.74, 6) is 1.59. The van der Waals surface area contributed by atoms with Crippen LogP contribution in [0.25, 0.3) is 0 Å². The molecule has 18 heavy (non-hydrogen) atoms. The van der Waals surface area contributed by atoms with Crippen LogP contribution >= 0.6 is 0 Å². The van der Waals surface area contributed by atoms with Crippen LogP contribution in [0.1, 0.15) is 18.3 Å². The second kappa shape index (κ2) is 6.11. The summed E-state index contributed by atoms with van der Waals surface area (Å²) in [5.41, 5.74) is 1.19. The minimum Gasteiger partial charge on any atom is -0.496 e. The fraction of sp³-hybridized carbons (Fsp3) is 0.417. The molecule has 0 aliphatic carbocycles. The van der Waals surface area contributed by atoms with Crippen LogP contribution in [0.4, 0.5) is 0 Å². The molecule has 0 saturated heterocycles. The third kappa shape index (κ3) is 3.27. The highest BCUT2D eigenvalue weighted by molar-refractivity contribution is 5.33. The Bertz CT molecular complexity index is 471. The van der Waals surface area contributed by atoms with Gasteiger partial charge in [0.05, 0.1) is 13.7 Å². The van der Waals surface area contributed by atoms with Crippen molar-refractivity contribution in [3.05, 3.63) is 35.7 Å². The maximum Gasteiger partial charge on any atom is 0.188 e. The van der Waals surface area contributed by atoms with Gasteiger partial charge in [-0.05, 0) is 25.0 Å². The lowest BCUT2D eigenvalue weighted by molar-refractivity contribution is 0.405. The summed E-state index contributed by atoms with van der Waals surface area (Å²) < 4.78 is 5.33. The Balaban J connectivity index is 1.88. The van der Waals surface area contributed by atoms with Gasteiger partial charge >= 0.3 is 0 Å². The molecule has 1 heterocycles. The van der Waals surface area contributed by atoms with Crippen LogP contribution in [0.2, 0.25) is 0 Å². The van der Waals surface area contributed by atoms with Crippen molar-refractivity contribution < 1.29 is 4.74 Å². The Labute approximate surface area is 106 Å². The number of tetrazole rings is 1. The number of ether oxygens (including phenoxy) is 1. The van der Waals surface area contributed by atoms with Gasteiger partial charge in [-0.1, -0.05) is 23.4 Å². The highest BCUT2D eigenvalue weighted by atomic mass is 16.5. The molecule has 0 fully saturated rings. The van der Waals surface area contributed by atoms with Crippen molar-refractivity contribution in [1.82, 2.24) is 25.9 Å². The standard InChI is InChI=1S/C12H17N5O/c1-9(13-8-12-14-16-17-15-12)7-10-5-3-4-6-11(10)18-2/h3-6,9,13H,7-8H2,1-2H3,(H,14,15,16,17). The van der Waals surface area contributed by atoms with E-state index >= 15 is 0 Å². The topological polar surface area (TPSA) is 75.7 Å². The average Bonchev–Trinajstić information content (AvgIpc) is 2.90. The number of hydrogen-bond donors (Lipinski definition) is 2. The van der Waals surface area contributed by atoms with Crippen molar-refractivity contribution in [2.75, 3.05) is 7.11 Å². The summed E-state index contributed by atoms with van der Waals surface area (Å²) in [7, 11) is 1.69. The van der Waals surface area contributed by atoms with E-state index in [1.165, 1.54) is 5.56 Å². The predicted octanol–water partition coefficient (Wildman–Crippen LogP) is 0.929. The first-order valence-corrected chi connectivity index (χ1v) is 5.87. The number of rotatable bonds is 6. The lowest BCUT2D eigenvalue weighted by Crippen LogP contribution is -2.28. The fourth-order valence-corrected chi connectivity index (χ4v) is 1.80. The van der Waals surface area contributed by atoms with Gasteiger partial charge in [-0.3, -0.25) is 0 Å². The molecule has 1 aromatic heterocycles. The summed E-state index contributed by atoms with van der Waals surface area (Å²) in [6.45, 7) is 2.72. The van der Waals surface area contributed by atoms with Crippen LogP contribution in [0.5, 0.6) is 5.75 Å². The Kier molecular flexibility index (Phi) is 4.25. The summed E-state index contributed by atoms with van der Waals surface area (Å²) >= 11 is 0. The summed E-state index contributed by atoms with van der Waals surface area (Å²) in [4.78, 5) is 0. The highest BCUT2D eigenvalue weighted by Crippen LogP contribution is 2.18. The molecule has 96 valence electrons. The van der Waals surface area contributed by atoms with Crippen LogP contribution < -0.4 is 10.1 Å². The van der Waals surface area contributed by atoms with E-state index in [-0.39, 0.29) is 0 Å². The number of hydrogen-bond acceptors (Lipinski definition) is 5. The van der Waals surface area contributed by atoms with E-state index in [0.717, 1.165) is 12.2 Å². The number of nitrogens with zero attached hydrogens (tertiary/aromatic N) is 3. The highest BCUT2D eigenvalue weighted by Gasteiger charge is 2.08. The van der Waals surface area contributed by atoms with Gasteiger partial charge in [-0.15, -0.1) is 10.2 Å². The zero-order valence-electron chi connectivity index (χ0n) is 10.6. The maximum atomic E-state index is 5.33. The van der Waals surface area contributed by atoms with Gasteiger partial charge in [0.2, 0.25) is 0 Å². The van der Waals surface area contributed by atoms with Crippen LogP contribution in [-0.2, 0) is 13.0 Å². The number of aromatic nitrogens is 4. The first-order chi connectivity index (χ1) is 8.79. The van der Waals surface area contributed by atoms with Gasteiger partial charge in [-0.25, -0.2) is 0 Å². The number of H-pyrrole nitrogens is 1.